The third kappa shape index (κ3) is 1.32. The first-order valence-corrected chi connectivity index (χ1v) is 4.78. The third-order valence-corrected chi connectivity index (χ3v) is 2.63. The lowest BCUT2D eigenvalue weighted by molar-refractivity contribution is 0.0981. The Morgan fingerprint density at radius 3 is 2.86 bits per heavy atom. The van der Waals surface area contributed by atoms with E-state index in [1.54, 1.807) is 18.2 Å². The van der Waals surface area contributed by atoms with Crippen LogP contribution in [0.1, 0.15) is 32.7 Å². The van der Waals surface area contributed by atoms with E-state index in [2.05, 4.69) is 17.5 Å². The Balaban J connectivity index is 2.54. The molecule has 14 heavy (non-hydrogen) atoms. The highest BCUT2D eigenvalue weighted by molar-refractivity contribution is 7.78. The number of benzene rings is 1. The molecule has 1 amide bonds. The minimum atomic E-state index is -0.250. The number of fused-ring (bicyclic) bond motifs is 1. The molecule has 0 heterocycles. The molecule has 0 atom stereocenters. The highest BCUT2D eigenvalue weighted by Gasteiger charge is 2.23. The van der Waals surface area contributed by atoms with Crippen LogP contribution in [0.2, 0.25) is 0 Å². The van der Waals surface area contributed by atoms with Gasteiger partial charge in [0.2, 0.25) is 0 Å². The van der Waals surface area contributed by atoms with Crippen LogP contribution in [0.25, 0.3) is 0 Å². The molecule has 0 saturated heterocycles. The van der Waals surface area contributed by atoms with Crippen molar-refractivity contribution < 1.29 is 9.59 Å². The standard InChI is InChI=1S/C10H9NO2S/c12-9-5-4-6-7(9)2-1-3-8(6)10(13)11-14/h1-3,14H,4-5H2,(H,11,13). The lowest BCUT2D eigenvalue weighted by Gasteiger charge is -2.04. The molecule has 1 aromatic rings. The molecule has 72 valence electrons. The van der Waals surface area contributed by atoms with Crippen molar-refractivity contribution in [1.29, 1.82) is 0 Å². The number of hydrogen-bond donors (Lipinski definition) is 2. The van der Waals surface area contributed by atoms with Gasteiger partial charge >= 0.3 is 0 Å². The number of thiol groups is 1. The fourth-order valence-corrected chi connectivity index (χ4v) is 1.88. The van der Waals surface area contributed by atoms with Crippen molar-refractivity contribution in [2.24, 2.45) is 0 Å². The monoisotopic (exact) mass is 207 g/mol. The van der Waals surface area contributed by atoms with Gasteiger partial charge in [0, 0.05) is 17.5 Å². The average molecular weight is 207 g/mol. The Bertz CT molecular complexity index is 415. The van der Waals surface area contributed by atoms with E-state index in [-0.39, 0.29) is 11.7 Å². The third-order valence-electron chi connectivity index (χ3n) is 2.42. The number of amides is 1. The molecule has 2 rings (SSSR count). The summed E-state index contributed by atoms with van der Waals surface area (Å²) in [6.45, 7) is 0. The van der Waals surface area contributed by atoms with Crippen molar-refractivity contribution in [3.05, 3.63) is 34.9 Å². The van der Waals surface area contributed by atoms with Crippen LogP contribution in [0.5, 0.6) is 0 Å². The van der Waals surface area contributed by atoms with Crippen molar-refractivity contribution in [2.75, 3.05) is 0 Å². The Hall–Kier alpha value is -1.29. The van der Waals surface area contributed by atoms with Gasteiger partial charge in [-0.2, -0.15) is 0 Å². The molecule has 4 heteroatoms. The summed E-state index contributed by atoms with van der Waals surface area (Å²) in [5.41, 5.74) is 2.09. The molecule has 3 nitrogen and oxygen atoms in total. The maximum Gasteiger partial charge on any atom is 0.261 e. The fourth-order valence-electron chi connectivity index (χ4n) is 1.76. The lowest BCUT2D eigenvalue weighted by Crippen LogP contribution is -2.14. The van der Waals surface area contributed by atoms with Crippen LogP contribution in [-0.2, 0) is 6.42 Å². The number of hydrogen-bond acceptors (Lipinski definition) is 3. The highest BCUT2D eigenvalue weighted by atomic mass is 32.1. The predicted molar refractivity (Wildman–Crippen MR) is 55.5 cm³/mol. The second-order valence-corrected chi connectivity index (χ2v) is 3.42. The van der Waals surface area contributed by atoms with Gasteiger partial charge in [-0.25, -0.2) is 0 Å². The number of rotatable bonds is 1. The summed E-state index contributed by atoms with van der Waals surface area (Å²) in [7, 11) is 0. The Morgan fingerprint density at radius 2 is 2.14 bits per heavy atom. The van der Waals surface area contributed by atoms with Gasteiger partial charge in [0.1, 0.15) is 0 Å². The average Bonchev–Trinajstić information content (AvgIpc) is 2.59. The normalized spacial score (nSPS) is 13.9. The first kappa shape index (κ1) is 9.27. The summed E-state index contributed by atoms with van der Waals surface area (Å²) in [6.07, 6.45) is 1.16. The van der Waals surface area contributed by atoms with E-state index in [4.69, 9.17) is 0 Å². The lowest BCUT2D eigenvalue weighted by atomic mass is 10.0. The molecule has 0 spiro atoms. The van der Waals surface area contributed by atoms with Crippen LogP contribution in [0, 0.1) is 0 Å². The Kier molecular flexibility index (Phi) is 2.29. The summed E-state index contributed by atoms with van der Waals surface area (Å²) < 4.78 is 2.27. The molecule has 1 aliphatic rings. The maximum absolute atomic E-state index is 11.4. The number of ketones is 1. The van der Waals surface area contributed by atoms with E-state index < -0.39 is 0 Å². The van der Waals surface area contributed by atoms with E-state index in [0.29, 0.717) is 24.0 Å². The van der Waals surface area contributed by atoms with Gasteiger partial charge in [0.25, 0.3) is 5.91 Å². The first-order valence-electron chi connectivity index (χ1n) is 4.33. The Morgan fingerprint density at radius 1 is 1.36 bits per heavy atom. The second-order valence-electron chi connectivity index (χ2n) is 3.20. The summed E-state index contributed by atoms with van der Waals surface area (Å²) in [5, 5.41) is 0. The Labute approximate surface area is 87.0 Å². The number of carbonyl (C=O) groups excluding carboxylic acids is 2. The minimum Gasteiger partial charge on any atom is -0.299 e. The number of nitrogens with one attached hydrogen (secondary N) is 1. The van der Waals surface area contributed by atoms with Crippen molar-refractivity contribution in [1.82, 2.24) is 4.72 Å². The molecular weight excluding hydrogens is 198 g/mol. The summed E-state index contributed by atoms with van der Waals surface area (Å²) in [4.78, 5) is 22.8. The van der Waals surface area contributed by atoms with Crippen LogP contribution >= 0.6 is 12.8 Å². The van der Waals surface area contributed by atoms with Crippen LogP contribution in [-0.4, -0.2) is 11.7 Å². The second kappa shape index (κ2) is 3.46. The van der Waals surface area contributed by atoms with Crippen LogP contribution in [0.4, 0.5) is 0 Å². The summed E-state index contributed by atoms with van der Waals surface area (Å²) in [6, 6.07) is 5.20. The molecule has 0 saturated carbocycles. The zero-order valence-corrected chi connectivity index (χ0v) is 8.30. The topological polar surface area (TPSA) is 46.2 Å². The molecule has 0 unspecified atom stereocenters. The van der Waals surface area contributed by atoms with Crippen LogP contribution in [0.15, 0.2) is 18.2 Å². The van der Waals surface area contributed by atoms with E-state index in [1.807, 2.05) is 0 Å². The molecular formula is C10H9NO2S. The van der Waals surface area contributed by atoms with E-state index in [0.717, 1.165) is 5.56 Å². The zero-order chi connectivity index (χ0) is 10.1. The fraction of sp³-hybridized carbons (Fsp3) is 0.200. The molecule has 1 aliphatic carbocycles. The van der Waals surface area contributed by atoms with E-state index in [1.165, 1.54) is 0 Å². The molecule has 0 bridgehead atoms. The van der Waals surface area contributed by atoms with Crippen molar-refractivity contribution in [3.63, 3.8) is 0 Å². The van der Waals surface area contributed by atoms with Crippen molar-refractivity contribution in [3.8, 4) is 0 Å². The van der Waals surface area contributed by atoms with Gasteiger partial charge in [-0.3, -0.25) is 14.3 Å². The van der Waals surface area contributed by atoms with Crippen LogP contribution in [0.3, 0.4) is 0 Å². The van der Waals surface area contributed by atoms with Gasteiger partial charge in [-0.05, 0) is 18.1 Å². The van der Waals surface area contributed by atoms with Crippen molar-refractivity contribution in [2.45, 2.75) is 12.8 Å². The molecule has 1 N–H and O–H groups in total. The number of Topliss-reactive ketones (excluding diaryl/α,β-unsaturated/α-hetero) is 1. The summed E-state index contributed by atoms with van der Waals surface area (Å²) >= 11 is 3.71. The van der Waals surface area contributed by atoms with Gasteiger partial charge in [-0.15, -0.1) is 0 Å². The molecule has 1 aromatic carbocycles. The molecule has 0 fully saturated rings. The van der Waals surface area contributed by atoms with E-state index >= 15 is 0 Å². The molecule has 0 aromatic heterocycles. The highest BCUT2D eigenvalue weighted by Crippen LogP contribution is 2.25. The maximum atomic E-state index is 11.4. The van der Waals surface area contributed by atoms with Gasteiger partial charge in [0.05, 0.1) is 0 Å². The molecule has 0 radical (unpaired) electrons. The smallest absolute Gasteiger partial charge is 0.261 e. The van der Waals surface area contributed by atoms with Crippen molar-refractivity contribution >= 4 is 24.5 Å². The molecule has 0 aliphatic heterocycles. The number of carbonyl (C=O) groups is 2. The minimum absolute atomic E-state index is 0.119. The van der Waals surface area contributed by atoms with Gasteiger partial charge in [-0.1, -0.05) is 24.9 Å². The largest absolute Gasteiger partial charge is 0.299 e. The quantitative estimate of drug-likeness (QED) is 0.683. The zero-order valence-electron chi connectivity index (χ0n) is 7.41. The summed E-state index contributed by atoms with van der Waals surface area (Å²) in [5.74, 6) is -0.131. The van der Waals surface area contributed by atoms with E-state index in [9.17, 15) is 9.59 Å². The SMILES string of the molecule is O=C1CCc2c1cccc2C(=O)NS. The van der Waals surface area contributed by atoms with Crippen LogP contribution < -0.4 is 4.72 Å². The first-order chi connectivity index (χ1) is 6.74. The van der Waals surface area contributed by atoms with Gasteiger partial charge < -0.3 is 0 Å². The van der Waals surface area contributed by atoms with Gasteiger partial charge in [0.15, 0.2) is 5.78 Å². The predicted octanol–water partition coefficient (Wildman–Crippen LogP) is 1.39.